The van der Waals surface area contributed by atoms with Gasteiger partial charge in [-0.15, -0.1) is 0 Å². The van der Waals surface area contributed by atoms with Crippen molar-refractivity contribution in [3.63, 3.8) is 0 Å². The Morgan fingerprint density at radius 1 is 1.21 bits per heavy atom. The van der Waals surface area contributed by atoms with Gasteiger partial charge in [0.1, 0.15) is 0 Å². The van der Waals surface area contributed by atoms with Gasteiger partial charge in [0, 0.05) is 35.8 Å². The zero-order valence-electron chi connectivity index (χ0n) is 14.5. The predicted octanol–water partition coefficient (Wildman–Crippen LogP) is 3.47. The monoisotopic (exact) mass is 400 g/mol. The van der Waals surface area contributed by atoms with Crippen LogP contribution in [0.5, 0.6) is 0 Å². The second-order valence-corrected chi connectivity index (χ2v) is 6.01. The van der Waals surface area contributed by atoms with E-state index in [0.717, 1.165) is 19.2 Å². The first-order chi connectivity index (χ1) is 13.4. The summed E-state index contributed by atoms with van der Waals surface area (Å²) >= 11 is 6.25. The Labute approximate surface area is 163 Å². The van der Waals surface area contributed by atoms with Crippen molar-refractivity contribution >= 4 is 34.9 Å². The fraction of sp³-hybridized carbons (Fsp3) is 0.0556. The number of nitrogens with zero attached hydrogens (tertiary/aromatic N) is 3. The highest BCUT2D eigenvalue weighted by atomic mass is 35.5. The lowest BCUT2D eigenvalue weighted by atomic mass is 10.1. The largest absolute Gasteiger partial charge is 0.465 e. The number of rotatable bonds is 5. The molecular weight excluding hydrogens is 388 g/mol. The SMILES string of the molecule is COC(=O)c1cc(C(=O)Nc2ccc(-n3ccnc3)c(Cl)c2)cc([N+](=O)[O-])c1. The Hall–Kier alpha value is -3.72. The lowest BCUT2D eigenvalue weighted by Gasteiger charge is -2.10. The molecule has 0 saturated carbocycles. The molecule has 0 aliphatic heterocycles. The minimum Gasteiger partial charge on any atom is -0.465 e. The zero-order valence-corrected chi connectivity index (χ0v) is 15.2. The van der Waals surface area contributed by atoms with Gasteiger partial charge in [0.2, 0.25) is 0 Å². The van der Waals surface area contributed by atoms with E-state index in [-0.39, 0.29) is 11.1 Å². The molecule has 10 heteroatoms. The van der Waals surface area contributed by atoms with E-state index in [9.17, 15) is 19.7 Å². The summed E-state index contributed by atoms with van der Waals surface area (Å²) in [5.41, 5.74) is 0.478. The molecule has 9 nitrogen and oxygen atoms in total. The van der Waals surface area contributed by atoms with Crippen LogP contribution in [0.1, 0.15) is 20.7 Å². The summed E-state index contributed by atoms with van der Waals surface area (Å²) < 4.78 is 6.28. The number of amides is 1. The Morgan fingerprint density at radius 3 is 2.57 bits per heavy atom. The summed E-state index contributed by atoms with van der Waals surface area (Å²) in [6.45, 7) is 0. The van der Waals surface area contributed by atoms with Crippen LogP contribution in [0.15, 0.2) is 55.1 Å². The molecule has 1 heterocycles. The maximum atomic E-state index is 12.5. The molecule has 0 spiro atoms. The number of benzene rings is 2. The van der Waals surface area contributed by atoms with E-state index in [4.69, 9.17) is 11.6 Å². The van der Waals surface area contributed by atoms with Crippen molar-refractivity contribution in [2.24, 2.45) is 0 Å². The molecule has 3 aromatic rings. The maximum absolute atomic E-state index is 12.5. The van der Waals surface area contributed by atoms with Crippen LogP contribution in [-0.2, 0) is 4.74 Å². The number of hydrogen-bond acceptors (Lipinski definition) is 6. The van der Waals surface area contributed by atoms with Crippen LogP contribution in [0.2, 0.25) is 5.02 Å². The Balaban J connectivity index is 1.88. The smallest absolute Gasteiger partial charge is 0.338 e. The van der Waals surface area contributed by atoms with Crippen molar-refractivity contribution in [2.75, 3.05) is 12.4 Å². The number of methoxy groups -OCH3 is 1. The topological polar surface area (TPSA) is 116 Å². The predicted molar refractivity (Wildman–Crippen MR) is 101 cm³/mol. The number of nitro groups is 1. The van der Waals surface area contributed by atoms with Gasteiger partial charge in [0.15, 0.2) is 0 Å². The van der Waals surface area contributed by atoms with Crippen molar-refractivity contribution in [1.29, 1.82) is 0 Å². The van der Waals surface area contributed by atoms with Crippen LogP contribution >= 0.6 is 11.6 Å². The number of aromatic nitrogens is 2. The van der Waals surface area contributed by atoms with Crippen LogP contribution in [-0.4, -0.2) is 33.5 Å². The summed E-state index contributed by atoms with van der Waals surface area (Å²) in [6.07, 6.45) is 4.90. The summed E-state index contributed by atoms with van der Waals surface area (Å²) in [5.74, 6) is -1.43. The molecule has 0 aliphatic rings. The van der Waals surface area contributed by atoms with Gasteiger partial charge in [-0.25, -0.2) is 9.78 Å². The van der Waals surface area contributed by atoms with Gasteiger partial charge in [0.25, 0.3) is 11.6 Å². The van der Waals surface area contributed by atoms with Crippen molar-refractivity contribution in [3.05, 3.63) is 81.4 Å². The fourth-order valence-corrected chi connectivity index (χ4v) is 2.76. The van der Waals surface area contributed by atoms with Crippen LogP contribution in [0.3, 0.4) is 0 Å². The highest BCUT2D eigenvalue weighted by Gasteiger charge is 2.18. The minimum absolute atomic E-state index is 0.0654. The first-order valence-corrected chi connectivity index (χ1v) is 8.24. The Morgan fingerprint density at radius 2 is 1.96 bits per heavy atom. The van der Waals surface area contributed by atoms with Crippen molar-refractivity contribution in [2.45, 2.75) is 0 Å². The first-order valence-electron chi connectivity index (χ1n) is 7.86. The van der Waals surface area contributed by atoms with Crippen molar-refractivity contribution in [1.82, 2.24) is 9.55 Å². The Bertz CT molecular complexity index is 1070. The number of imidazole rings is 1. The first kappa shape index (κ1) is 19.1. The van der Waals surface area contributed by atoms with E-state index >= 15 is 0 Å². The standard InChI is InChI=1S/C18H13ClN4O5/c1-28-18(25)12-6-11(7-14(8-12)23(26)27)17(24)21-13-2-3-16(15(19)9-13)22-5-4-20-10-22/h2-10H,1H3,(H,21,24). The van der Waals surface area contributed by atoms with E-state index < -0.39 is 22.5 Å². The number of halogens is 1. The quantitative estimate of drug-likeness (QED) is 0.398. The van der Waals surface area contributed by atoms with Gasteiger partial charge in [-0.2, -0.15) is 0 Å². The number of carbonyl (C=O) groups excluding carboxylic acids is 2. The number of carbonyl (C=O) groups is 2. The van der Waals surface area contributed by atoms with Gasteiger partial charge in [0.05, 0.1) is 34.6 Å². The summed E-state index contributed by atoms with van der Waals surface area (Å²) in [5, 5.41) is 14.1. The molecule has 0 bridgehead atoms. The fourth-order valence-electron chi connectivity index (χ4n) is 2.48. The molecule has 0 aliphatic carbocycles. The summed E-state index contributed by atoms with van der Waals surface area (Å²) in [6, 6.07) is 8.18. The Kier molecular flexibility index (Phi) is 5.37. The summed E-state index contributed by atoms with van der Waals surface area (Å²) in [7, 11) is 1.14. The highest BCUT2D eigenvalue weighted by Crippen LogP contribution is 2.25. The molecule has 1 aromatic heterocycles. The molecule has 2 aromatic carbocycles. The number of esters is 1. The van der Waals surface area contributed by atoms with E-state index in [0.29, 0.717) is 16.4 Å². The van der Waals surface area contributed by atoms with Gasteiger partial charge >= 0.3 is 5.97 Å². The minimum atomic E-state index is -0.787. The number of anilines is 1. The third kappa shape index (κ3) is 3.99. The molecule has 1 amide bonds. The van der Waals surface area contributed by atoms with E-state index in [1.807, 2.05) is 0 Å². The van der Waals surface area contributed by atoms with Crippen LogP contribution < -0.4 is 5.32 Å². The number of non-ortho nitro benzene ring substituents is 1. The maximum Gasteiger partial charge on any atom is 0.338 e. The van der Waals surface area contributed by atoms with Crippen molar-refractivity contribution in [3.8, 4) is 5.69 Å². The molecule has 28 heavy (non-hydrogen) atoms. The molecule has 0 saturated heterocycles. The number of nitrogens with one attached hydrogen (secondary N) is 1. The van der Waals surface area contributed by atoms with Crippen LogP contribution in [0.4, 0.5) is 11.4 Å². The molecule has 0 radical (unpaired) electrons. The van der Waals surface area contributed by atoms with E-state index in [2.05, 4.69) is 15.0 Å². The number of ether oxygens (including phenoxy) is 1. The van der Waals surface area contributed by atoms with Crippen LogP contribution in [0.25, 0.3) is 5.69 Å². The third-order valence-electron chi connectivity index (χ3n) is 3.80. The second-order valence-electron chi connectivity index (χ2n) is 5.61. The molecule has 0 unspecified atom stereocenters. The van der Waals surface area contributed by atoms with E-state index in [1.54, 1.807) is 35.4 Å². The average molecular weight is 401 g/mol. The molecule has 142 valence electrons. The molecule has 3 rings (SSSR count). The van der Waals surface area contributed by atoms with Gasteiger partial charge < -0.3 is 14.6 Å². The highest BCUT2D eigenvalue weighted by molar-refractivity contribution is 6.32. The molecule has 1 N–H and O–H groups in total. The number of nitro benzene ring substituents is 1. The second kappa shape index (κ2) is 7.89. The lowest BCUT2D eigenvalue weighted by molar-refractivity contribution is -0.384. The molecule has 0 atom stereocenters. The van der Waals surface area contributed by atoms with Gasteiger partial charge in [-0.1, -0.05) is 11.6 Å². The van der Waals surface area contributed by atoms with Gasteiger partial charge in [-0.05, 0) is 24.3 Å². The normalized spacial score (nSPS) is 10.4. The van der Waals surface area contributed by atoms with E-state index in [1.165, 1.54) is 12.1 Å². The lowest BCUT2D eigenvalue weighted by Crippen LogP contribution is -2.14. The van der Waals surface area contributed by atoms with Crippen LogP contribution in [0, 0.1) is 10.1 Å². The number of hydrogen-bond donors (Lipinski definition) is 1. The summed E-state index contributed by atoms with van der Waals surface area (Å²) in [4.78, 5) is 38.6. The molecular formula is C18H13ClN4O5. The third-order valence-corrected chi connectivity index (χ3v) is 4.10. The van der Waals surface area contributed by atoms with Gasteiger partial charge in [-0.3, -0.25) is 14.9 Å². The van der Waals surface area contributed by atoms with Crippen molar-refractivity contribution < 1.29 is 19.2 Å². The average Bonchev–Trinajstić information content (AvgIpc) is 3.21. The molecule has 0 fully saturated rings. The zero-order chi connectivity index (χ0) is 20.3.